The van der Waals surface area contributed by atoms with Crippen LogP contribution in [-0.2, 0) is 10.0 Å². The average molecular weight is 273 g/mol. The molecule has 1 aromatic heterocycles. The summed E-state index contributed by atoms with van der Waals surface area (Å²) in [6.07, 6.45) is -1.42. The Morgan fingerprint density at radius 3 is 2.33 bits per heavy atom. The van der Waals surface area contributed by atoms with Gasteiger partial charge in [0.25, 0.3) is 6.43 Å². The van der Waals surface area contributed by atoms with E-state index in [-0.39, 0.29) is 16.2 Å². The lowest BCUT2D eigenvalue weighted by molar-refractivity contribution is 0.146. The predicted molar refractivity (Wildman–Crippen MR) is 60.4 cm³/mol. The van der Waals surface area contributed by atoms with Gasteiger partial charge < -0.3 is 0 Å². The molecule has 0 fully saturated rings. The molecule has 1 heterocycles. The van der Waals surface area contributed by atoms with Crippen molar-refractivity contribution in [3.8, 4) is 11.1 Å². The summed E-state index contributed by atoms with van der Waals surface area (Å²) in [5, 5.41) is 10.7. The van der Waals surface area contributed by atoms with Crippen molar-refractivity contribution in [2.24, 2.45) is 5.14 Å². The highest BCUT2D eigenvalue weighted by Crippen LogP contribution is 2.29. The first-order chi connectivity index (χ1) is 8.39. The van der Waals surface area contributed by atoms with Crippen molar-refractivity contribution in [1.29, 1.82) is 0 Å². The smallest absolute Gasteiger partial charge is 0.276 e. The van der Waals surface area contributed by atoms with Crippen molar-refractivity contribution in [2.45, 2.75) is 11.3 Å². The van der Waals surface area contributed by atoms with Gasteiger partial charge in [0.05, 0.1) is 11.1 Å². The Bertz CT molecular complexity index is 650. The van der Waals surface area contributed by atoms with Crippen LogP contribution in [0.3, 0.4) is 0 Å². The lowest BCUT2D eigenvalue weighted by Crippen LogP contribution is -2.11. The Balaban J connectivity index is 2.44. The fourth-order valence-corrected chi connectivity index (χ4v) is 2.03. The average Bonchev–Trinajstić information content (AvgIpc) is 2.77. The summed E-state index contributed by atoms with van der Waals surface area (Å²) in [4.78, 5) is -0.0756. The first-order valence-electron chi connectivity index (χ1n) is 4.84. The second kappa shape index (κ2) is 4.46. The summed E-state index contributed by atoms with van der Waals surface area (Å²) >= 11 is 0. The van der Waals surface area contributed by atoms with Gasteiger partial charge in [0.15, 0.2) is 0 Å². The molecule has 96 valence electrons. The van der Waals surface area contributed by atoms with Crippen LogP contribution in [0.1, 0.15) is 12.1 Å². The summed E-state index contributed by atoms with van der Waals surface area (Å²) in [6.45, 7) is 0. The Hall–Kier alpha value is -1.80. The van der Waals surface area contributed by atoms with Gasteiger partial charge >= 0.3 is 0 Å². The zero-order valence-corrected chi connectivity index (χ0v) is 9.79. The summed E-state index contributed by atoms with van der Waals surface area (Å²) in [5.41, 5.74) is 0.357. The maximum Gasteiger partial charge on any atom is 0.280 e. The summed E-state index contributed by atoms with van der Waals surface area (Å²) in [7, 11) is -3.79. The molecule has 18 heavy (non-hydrogen) atoms. The molecule has 0 amide bonds. The van der Waals surface area contributed by atoms with Gasteiger partial charge in [-0.15, -0.1) is 0 Å². The number of halogens is 2. The van der Waals surface area contributed by atoms with E-state index in [1.54, 1.807) is 0 Å². The summed E-state index contributed by atoms with van der Waals surface area (Å²) in [5.74, 6) is 0. The number of rotatable bonds is 3. The molecule has 3 N–H and O–H groups in total. The number of sulfonamides is 1. The van der Waals surface area contributed by atoms with E-state index >= 15 is 0 Å². The van der Waals surface area contributed by atoms with Gasteiger partial charge in [-0.05, 0) is 17.7 Å². The highest BCUT2D eigenvalue weighted by Gasteiger charge is 2.17. The molecular weight excluding hydrogens is 264 g/mol. The topological polar surface area (TPSA) is 88.8 Å². The van der Waals surface area contributed by atoms with Crippen molar-refractivity contribution in [1.82, 2.24) is 10.2 Å². The molecule has 5 nitrogen and oxygen atoms in total. The molecule has 0 aliphatic carbocycles. The molecule has 0 radical (unpaired) electrons. The number of nitrogens with zero attached hydrogens (tertiary/aromatic N) is 1. The Morgan fingerprint density at radius 1 is 1.22 bits per heavy atom. The molecular formula is C10H9F2N3O2S. The van der Waals surface area contributed by atoms with Crippen LogP contribution in [0, 0.1) is 0 Å². The maximum atomic E-state index is 12.6. The number of H-pyrrole nitrogens is 1. The highest BCUT2D eigenvalue weighted by molar-refractivity contribution is 7.89. The van der Waals surface area contributed by atoms with Crippen LogP contribution in [-0.4, -0.2) is 18.6 Å². The van der Waals surface area contributed by atoms with Crippen LogP contribution in [0.25, 0.3) is 11.1 Å². The number of benzene rings is 1. The Morgan fingerprint density at radius 2 is 1.83 bits per heavy atom. The lowest BCUT2D eigenvalue weighted by Gasteiger charge is -2.03. The molecule has 0 spiro atoms. The van der Waals surface area contributed by atoms with E-state index in [1.807, 2.05) is 0 Å². The fourth-order valence-electron chi connectivity index (χ4n) is 1.52. The van der Waals surface area contributed by atoms with Crippen molar-refractivity contribution >= 4 is 10.0 Å². The van der Waals surface area contributed by atoms with E-state index in [9.17, 15) is 17.2 Å². The van der Waals surface area contributed by atoms with E-state index < -0.39 is 16.4 Å². The van der Waals surface area contributed by atoms with Gasteiger partial charge in [-0.3, -0.25) is 5.10 Å². The third-order valence-electron chi connectivity index (χ3n) is 2.38. The van der Waals surface area contributed by atoms with Gasteiger partial charge in [0.2, 0.25) is 10.0 Å². The minimum Gasteiger partial charge on any atom is -0.276 e. The van der Waals surface area contributed by atoms with Crippen LogP contribution in [0.2, 0.25) is 0 Å². The van der Waals surface area contributed by atoms with E-state index in [1.165, 1.54) is 30.5 Å². The van der Waals surface area contributed by atoms with Gasteiger partial charge in [0.1, 0.15) is 5.69 Å². The molecule has 2 rings (SSSR count). The monoisotopic (exact) mass is 273 g/mol. The molecule has 0 aliphatic rings. The third-order valence-corrected chi connectivity index (χ3v) is 3.31. The predicted octanol–water partition coefficient (Wildman–Crippen LogP) is 1.66. The largest absolute Gasteiger partial charge is 0.280 e. The molecule has 8 heteroatoms. The van der Waals surface area contributed by atoms with Crippen molar-refractivity contribution in [2.75, 3.05) is 0 Å². The number of aromatic amines is 1. The second-order valence-electron chi connectivity index (χ2n) is 3.57. The minimum atomic E-state index is -3.79. The van der Waals surface area contributed by atoms with Crippen LogP contribution in [0.15, 0.2) is 35.4 Å². The molecule has 0 saturated heterocycles. The molecule has 0 saturated carbocycles. The van der Waals surface area contributed by atoms with Crippen LogP contribution in [0.5, 0.6) is 0 Å². The zero-order chi connectivity index (χ0) is 13.3. The van der Waals surface area contributed by atoms with Gasteiger partial charge in [-0.25, -0.2) is 22.3 Å². The highest BCUT2D eigenvalue weighted by atomic mass is 32.2. The van der Waals surface area contributed by atoms with E-state index in [2.05, 4.69) is 10.2 Å². The SMILES string of the molecule is NS(=O)(=O)c1ccc(-c2cn[nH]c2C(F)F)cc1. The molecule has 0 atom stereocenters. The van der Waals surface area contributed by atoms with Gasteiger partial charge in [0, 0.05) is 5.56 Å². The normalized spacial score (nSPS) is 12.0. The maximum absolute atomic E-state index is 12.6. The van der Waals surface area contributed by atoms with Crippen molar-refractivity contribution in [3.05, 3.63) is 36.2 Å². The number of nitrogens with one attached hydrogen (secondary N) is 1. The van der Waals surface area contributed by atoms with E-state index in [4.69, 9.17) is 5.14 Å². The van der Waals surface area contributed by atoms with Crippen molar-refractivity contribution < 1.29 is 17.2 Å². The number of hydrogen-bond acceptors (Lipinski definition) is 3. The fraction of sp³-hybridized carbons (Fsp3) is 0.100. The van der Waals surface area contributed by atoms with Crippen LogP contribution < -0.4 is 5.14 Å². The number of nitrogens with two attached hydrogens (primary N) is 1. The van der Waals surface area contributed by atoms with Gasteiger partial charge in [-0.2, -0.15) is 5.10 Å². The summed E-state index contributed by atoms with van der Waals surface area (Å²) < 4.78 is 47.3. The second-order valence-corrected chi connectivity index (χ2v) is 5.13. The van der Waals surface area contributed by atoms with Crippen LogP contribution in [0.4, 0.5) is 8.78 Å². The number of hydrogen-bond donors (Lipinski definition) is 2. The number of aromatic nitrogens is 2. The van der Waals surface area contributed by atoms with Crippen molar-refractivity contribution in [3.63, 3.8) is 0 Å². The quantitative estimate of drug-likeness (QED) is 0.891. The minimum absolute atomic E-state index is 0.0756. The molecule has 1 aromatic carbocycles. The third kappa shape index (κ3) is 2.39. The molecule has 0 unspecified atom stereocenters. The number of alkyl halides is 2. The first-order valence-corrected chi connectivity index (χ1v) is 6.39. The zero-order valence-electron chi connectivity index (χ0n) is 8.97. The standard InChI is InChI=1S/C10H9F2N3O2S/c11-10(12)9-8(5-14-15-9)6-1-3-7(4-2-6)18(13,16)17/h1-5,10H,(H,14,15)(H2,13,16,17). The lowest BCUT2D eigenvalue weighted by atomic mass is 10.1. The molecule has 2 aromatic rings. The summed E-state index contributed by atoms with van der Waals surface area (Å²) in [6, 6.07) is 5.31. The van der Waals surface area contributed by atoms with Crippen LogP contribution >= 0.6 is 0 Å². The molecule has 0 bridgehead atoms. The Kier molecular flexibility index (Phi) is 3.14. The van der Waals surface area contributed by atoms with E-state index in [0.29, 0.717) is 5.56 Å². The molecule has 0 aliphatic heterocycles. The number of primary sulfonamides is 1. The van der Waals surface area contributed by atoms with E-state index in [0.717, 1.165) is 0 Å². The first kappa shape index (κ1) is 12.7. The van der Waals surface area contributed by atoms with Gasteiger partial charge in [-0.1, -0.05) is 12.1 Å². The Labute approximate surface area is 102 Å².